The molecule has 0 aliphatic carbocycles. The van der Waals surface area contributed by atoms with Gasteiger partial charge in [-0.1, -0.05) is 0 Å². The second-order valence-corrected chi connectivity index (χ2v) is 4.53. The third kappa shape index (κ3) is 3.89. The Hall–Kier alpha value is -3.27. The molecule has 2 aromatic rings. The lowest BCUT2D eigenvalue weighted by molar-refractivity contribution is -0.384. The normalized spacial score (nSPS) is 9.78. The number of methoxy groups -OCH3 is 2. The highest BCUT2D eigenvalue weighted by Crippen LogP contribution is 2.33. The lowest BCUT2D eigenvalue weighted by atomic mass is 10.1. The molecule has 7 nitrogen and oxygen atoms in total. The van der Waals surface area contributed by atoms with Crippen molar-refractivity contribution in [3.8, 4) is 29.1 Å². The van der Waals surface area contributed by atoms with Crippen LogP contribution in [0.15, 0.2) is 36.4 Å². The van der Waals surface area contributed by atoms with E-state index >= 15 is 0 Å². The van der Waals surface area contributed by atoms with Crippen molar-refractivity contribution < 1.29 is 19.1 Å². The summed E-state index contributed by atoms with van der Waals surface area (Å²) in [4.78, 5) is 10.3. The van der Waals surface area contributed by atoms with E-state index in [0.717, 1.165) is 0 Å². The Kier molecular flexibility index (Phi) is 5.00. The van der Waals surface area contributed by atoms with Gasteiger partial charge >= 0.3 is 0 Å². The molecule has 0 atom stereocenters. The van der Waals surface area contributed by atoms with Crippen molar-refractivity contribution in [2.75, 3.05) is 14.2 Å². The van der Waals surface area contributed by atoms with Crippen LogP contribution in [0.4, 0.5) is 5.69 Å². The van der Waals surface area contributed by atoms with Crippen LogP contribution in [-0.2, 0) is 6.42 Å². The molecule has 0 saturated heterocycles. The van der Waals surface area contributed by atoms with Gasteiger partial charge in [-0.3, -0.25) is 10.1 Å². The molecule has 0 aromatic heterocycles. The van der Waals surface area contributed by atoms with Gasteiger partial charge in [0.1, 0.15) is 23.0 Å². The lowest BCUT2D eigenvalue weighted by Gasteiger charge is -2.12. The maximum atomic E-state index is 10.8. The minimum Gasteiger partial charge on any atom is -0.496 e. The Morgan fingerprint density at radius 2 is 1.70 bits per heavy atom. The zero-order valence-electron chi connectivity index (χ0n) is 12.6. The molecule has 0 heterocycles. The molecular weight excluding hydrogens is 300 g/mol. The van der Waals surface area contributed by atoms with Crippen LogP contribution in [0.1, 0.15) is 5.56 Å². The largest absolute Gasteiger partial charge is 0.496 e. The number of nitrogens with zero attached hydrogens (tertiary/aromatic N) is 2. The van der Waals surface area contributed by atoms with Crippen LogP contribution in [0.2, 0.25) is 0 Å². The summed E-state index contributed by atoms with van der Waals surface area (Å²) in [5, 5.41) is 19.7. The first-order valence-electron chi connectivity index (χ1n) is 6.62. The Bertz CT molecular complexity index is 745. The van der Waals surface area contributed by atoms with E-state index in [0.29, 0.717) is 28.6 Å². The van der Waals surface area contributed by atoms with Crippen molar-refractivity contribution in [2.45, 2.75) is 6.42 Å². The van der Waals surface area contributed by atoms with Crippen LogP contribution in [0.5, 0.6) is 23.0 Å². The quantitative estimate of drug-likeness (QED) is 0.598. The van der Waals surface area contributed by atoms with Gasteiger partial charge in [0.2, 0.25) is 0 Å². The van der Waals surface area contributed by atoms with Crippen LogP contribution >= 0.6 is 0 Å². The number of nitro groups is 1. The summed E-state index contributed by atoms with van der Waals surface area (Å²) in [6.45, 7) is 0. The van der Waals surface area contributed by atoms with E-state index < -0.39 is 4.92 Å². The first kappa shape index (κ1) is 16.1. The molecule has 0 radical (unpaired) electrons. The van der Waals surface area contributed by atoms with E-state index in [4.69, 9.17) is 19.5 Å². The highest BCUT2D eigenvalue weighted by atomic mass is 16.6. The molecule has 23 heavy (non-hydrogen) atoms. The predicted molar refractivity (Wildman–Crippen MR) is 82.0 cm³/mol. The molecule has 0 amide bonds. The van der Waals surface area contributed by atoms with E-state index in [-0.39, 0.29) is 12.1 Å². The second-order valence-electron chi connectivity index (χ2n) is 4.53. The average Bonchev–Trinajstić information content (AvgIpc) is 2.56. The van der Waals surface area contributed by atoms with E-state index in [1.54, 1.807) is 18.2 Å². The molecule has 2 rings (SSSR count). The Morgan fingerprint density at radius 1 is 1.09 bits per heavy atom. The van der Waals surface area contributed by atoms with Gasteiger partial charge < -0.3 is 14.2 Å². The van der Waals surface area contributed by atoms with Crippen LogP contribution in [-0.4, -0.2) is 19.1 Å². The number of nitro benzene ring substituents is 1. The van der Waals surface area contributed by atoms with Gasteiger partial charge in [0.15, 0.2) is 0 Å². The summed E-state index contributed by atoms with van der Waals surface area (Å²) in [5.41, 5.74) is 0.342. The molecular formula is C16H14N2O5. The van der Waals surface area contributed by atoms with E-state index in [9.17, 15) is 10.1 Å². The summed E-state index contributed by atoms with van der Waals surface area (Å²) in [6, 6.07) is 11.1. The first-order valence-corrected chi connectivity index (χ1v) is 6.62. The molecule has 2 aromatic carbocycles. The zero-order valence-corrected chi connectivity index (χ0v) is 12.6. The summed E-state index contributed by atoms with van der Waals surface area (Å²) in [5.74, 6) is 1.90. The van der Waals surface area contributed by atoms with E-state index in [1.807, 2.05) is 6.07 Å². The van der Waals surface area contributed by atoms with Gasteiger partial charge in [-0.15, -0.1) is 0 Å². The molecule has 0 bridgehead atoms. The van der Waals surface area contributed by atoms with Crippen molar-refractivity contribution in [1.82, 2.24) is 0 Å². The van der Waals surface area contributed by atoms with Crippen LogP contribution in [0.25, 0.3) is 0 Å². The van der Waals surface area contributed by atoms with Crippen molar-refractivity contribution in [1.29, 1.82) is 5.26 Å². The van der Waals surface area contributed by atoms with Gasteiger partial charge in [-0.25, -0.2) is 0 Å². The molecule has 0 aliphatic heterocycles. The van der Waals surface area contributed by atoms with Gasteiger partial charge in [0.05, 0.1) is 31.6 Å². The average molecular weight is 314 g/mol. The van der Waals surface area contributed by atoms with Crippen molar-refractivity contribution in [3.05, 3.63) is 52.1 Å². The predicted octanol–water partition coefficient (Wildman–Crippen LogP) is 3.47. The number of hydrogen-bond acceptors (Lipinski definition) is 6. The highest BCUT2D eigenvalue weighted by molar-refractivity contribution is 5.49. The number of rotatable bonds is 6. The third-order valence-corrected chi connectivity index (χ3v) is 3.08. The standard InChI is InChI=1S/C16H14N2O5/c1-21-13-8-14(22-2)10-15(9-13)23-16-4-3-12(18(19)20)7-11(16)5-6-17/h3-4,7-10H,5H2,1-2H3. The van der Waals surface area contributed by atoms with Crippen LogP contribution in [0, 0.1) is 21.4 Å². The third-order valence-electron chi connectivity index (χ3n) is 3.08. The van der Waals surface area contributed by atoms with Crippen molar-refractivity contribution in [2.24, 2.45) is 0 Å². The Morgan fingerprint density at radius 3 is 2.22 bits per heavy atom. The van der Waals surface area contributed by atoms with Crippen molar-refractivity contribution in [3.63, 3.8) is 0 Å². The second kappa shape index (κ2) is 7.13. The van der Waals surface area contributed by atoms with Crippen LogP contribution in [0.3, 0.4) is 0 Å². The smallest absolute Gasteiger partial charge is 0.270 e. The molecule has 0 unspecified atom stereocenters. The summed E-state index contributed by atoms with van der Waals surface area (Å²) >= 11 is 0. The molecule has 118 valence electrons. The van der Waals surface area contributed by atoms with E-state index in [1.165, 1.54) is 32.4 Å². The highest BCUT2D eigenvalue weighted by Gasteiger charge is 2.13. The Balaban J connectivity index is 2.39. The Labute approximate surface area is 132 Å². The lowest BCUT2D eigenvalue weighted by Crippen LogP contribution is -1.95. The molecule has 0 N–H and O–H groups in total. The molecule has 0 saturated carbocycles. The minimum atomic E-state index is -0.515. The summed E-state index contributed by atoms with van der Waals surface area (Å²) in [7, 11) is 3.04. The van der Waals surface area contributed by atoms with Crippen molar-refractivity contribution >= 4 is 5.69 Å². The van der Waals surface area contributed by atoms with Crippen LogP contribution < -0.4 is 14.2 Å². The molecule has 0 spiro atoms. The fraction of sp³-hybridized carbons (Fsp3) is 0.188. The monoisotopic (exact) mass is 314 g/mol. The SMILES string of the molecule is COc1cc(OC)cc(Oc2ccc([N+](=O)[O-])cc2CC#N)c1. The number of benzene rings is 2. The first-order chi connectivity index (χ1) is 11.1. The molecule has 0 aliphatic rings. The molecule has 0 fully saturated rings. The van der Waals surface area contributed by atoms with Gasteiger partial charge in [-0.2, -0.15) is 5.26 Å². The van der Waals surface area contributed by atoms with Gasteiger partial charge in [0.25, 0.3) is 5.69 Å². The topological polar surface area (TPSA) is 94.6 Å². The maximum Gasteiger partial charge on any atom is 0.270 e. The van der Waals surface area contributed by atoms with E-state index in [2.05, 4.69) is 0 Å². The fourth-order valence-electron chi connectivity index (χ4n) is 1.97. The number of non-ortho nitro benzene ring substituents is 1. The van der Waals surface area contributed by atoms with Gasteiger partial charge in [0, 0.05) is 35.9 Å². The summed E-state index contributed by atoms with van der Waals surface area (Å²) in [6.07, 6.45) is -0.00187. The van der Waals surface area contributed by atoms with Gasteiger partial charge in [-0.05, 0) is 6.07 Å². The number of nitriles is 1. The fourth-order valence-corrected chi connectivity index (χ4v) is 1.97. The molecule has 7 heteroatoms. The number of hydrogen-bond donors (Lipinski definition) is 0. The number of ether oxygens (including phenoxy) is 3. The maximum absolute atomic E-state index is 10.8. The zero-order chi connectivity index (χ0) is 16.8. The minimum absolute atomic E-state index is 0.00187. The summed E-state index contributed by atoms with van der Waals surface area (Å²) < 4.78 is 16.1.